The van der Waals surface area contributed by atoms with Crippen molar-refractivity contribution in [2.75, 3.05) is 5.32 Å². The number of pyridine rings is 1. The smallest absolute Gasteiger partial charge is 0.322 e. The Hall–Kier alpha value is -4.07. The van der Waals surface area contributed by atoms with Gasteiger partial charge in [-0.05, 0) is 30.3 Å². The second kappa shape index (κ2) is 8.35. The van der Waals surface area contributed by atoms with E-state index in [1.54, 1.807) is 24.5 Å². The lowest BCUT2D eigenvalue weighted by Gasteiger charge is -2.12. The number of alkyl halides is 3. The number of benzene rings is 2. The van der Waals surface area contributed by atoms with Gasteiger partial charge in [-0.2, -0.15) is 13.2 Å². The molecule has 1 amide bonds. The fourth-order valence-electron chi connectivity index (χ4n) is 2.98. The van der Waals surface area contributed by atoms with Crippen LogP contribution in [0.2, 0.25) is 0 Å². The summed E-state index contributed by atoms with van der Waals surface area (Å²) in [6, 6.07) is 17.1. The van der Waals surface area contributed by atoms with Crippen molar-refractivity contribution in [2.45, 2.75) is 6.18 Å². The van der Waals surface area contributed by atoms with E-state index < -0.39 is 17.6 Å². The number of carbonyl (C=O) groups excluding carboxylic acids is 1. The van der Waals surface area contributed by atoms with Crippen molar-refractivity contribution < 1.29 is 18.0 Å². The standard InChI is InChI=1S/C23H15F3N4O/c24-23(25,26)17-7-4-8-18(13-17)29-22(31)19-14-28-21(16-5-2-1-3-6-16)30-20(19)15-9-11-27-12-10-15/h1-14H,(H,29,31). The maximum atomic E-state index is 13.0. The van der Waals surface area contributed by atoms with Crippen LogP contribution >= 0.6 is 0 Å². The van der Waals surface area contributed by atoms with Crippen molar-refractivity contribution in [2.24, 2.45) is 0 Å². The Morgan fingerprint density at radius 1 is 0.871 bits per heavy atom. The summed E-state index contributed by atoms with van der Waals surface area (Å²) >= 11 is 0. The predicted molar refractivity (Wildman–Crippen MR) is 110 cm³/mol. The highest BCUT2D eigenvalue weighted by atomic mass is 19.4. The summed E-state index contributed by atoms with van der Waals surface area (Å²) < 4.78 is 38.9. The molecule has 1 N–H and O–H groups in total. The van der Waals surface area contributed by atoms with Gasteiger partial charge in [-0.1, -0.05) is 36.4 Å². The summed E-state index contributed by atoms with van der Waals surface area (Å²) in [6.07, 6.45) is -0.0142. The first-order valence-corrected chi connectivity index (χ1v) is 9.23. The van der Waals surface area contributed by atoms with E-state index in [-0.39, 0.29) is 11.3 Å². The van der Waals surface area contributed by atoms with Gasteiger partial charge in [0.25, 0.3) is 5.91 Å². The number of halogens is 3. The molecule has 0 aliphatic heterocycles. The Morgan fingerprint density at radius 3 is 2.32 bits per heavy atom. The first-order chi connectivity index (χ1) is 14.9. The SMILES string of the molecule is O=C(Nc1cccc(C(F)(F)F)c1)c1cnc(-c2ccccc2)nc1-c1ccncc1. The Balaban J connectivity index is 1.73. The van der Waals surface area contributed by atoms with E-state index in [1.165, 1.54) is 18.3 Å². The fourth-order valence-corrected chi connectivity index (χ4v) is 2.98. The maximum absolute atomic E-state index is 13.0. The van der Waals surface area contributed by atoms with Gasteiger partial charge < -0.3 is 5.32 Å². The minimum Gasteiger partial charge on any atom is -0.322 e. The van der Waals surface area contributed by atoms with Gasteiger partial charge in [-0.25, -0.2) is 9.97 Å². The van der Waals surface area contributed by atoms with Gasteiger partial charge in [-0.15, -0.1) is 0 Å². The van der Waals surface area contributed by atoms with E-state index in [4.69, 9.17) is 0 Å². The lowest BCUT2D eigenvalue weighted by Crippen LogP contribution is -2.15. The highest BCUT2D eigenvalue weighted by Gasteiger charge is 2.30. The van der Waals surface area contributed by atoms with Crippen molar-refractivity contribution in [1.29, 1.82) is 0 Å². The normalized spacial score (nSPS) is 11.2. The monoisotopic (exact) mass is 420 g/mol. The second-order valence-corrected chi connectivity index (χ2v) is 6.59. The van der Waals surface area contributed by atoms with Gasteiger partial charge in [-0.3, -0.25) is 9.78 Å². The number of nitrogens with zero attached hydrogens (tertiary/aromatic N) is 3. The van der Waals surface area contributed by atoms with Crippen LogP contribution in [0.25, 0.3) is 22.6 Å². The quantitative estimate of drug-likeness (QED) is 0.475. The summed E-state index contributed by atoms with van der Waals surface area (Å²) in [4.78, 5) is 25.7. The Bertz CT molecular complexity index is 1210. The highest BCUT2D eigenvalue weighted by molar-refractivity contribution is 6.08. The molecule has 2 heterocycles. The number of aromatic nitrogens is 3. The van der Waals surface area contributed by atoms with Crippen molar-refractivity contribution in [1.82, 2.24) is 15.0 Å². The average molecular weight is 420 g/mol. The average Bonchev–Trinajstić information content (AvgIpc) is 2.79. The summed E-state index contributed by atoms with van der Waals surface area (Å²) in [5.74, 6) is -0.200. The highest BCUT2D eigenvalue weighted by Crippen LogP contribution is 2.31. The molecule has 0 unspecified atom stereocenters. The number of carbonyl (C=O) groups is 1. The molecule has 31 heavy (non-hydrogen) atoms. The molecule has 0 fully saturated rings. The van der Waals surface area contributed by atoms with Crippen molar-refractivity contribution in [3.8, 4) is 22.6 Å². The molecule has 0 saturated carbocycles. The van der Waals surface area contributed by atoms with Crippen LogP contribution in [-0.2, 0) is 6.18 Å². The van der Waals surface area contributed by atoms with Crippen LogP contribution < -0.4 is 5.32 Å². The number of nitrogens with one attached hydrogen (secondary N) is 1. The molecular formula is C23H15F3N4O. The summed E-state index contributed by atoms with van der Waals surface area (Å²) in [5, 5.41) is 2.51. The van der Waals surface area contributed by atoms with Gasteiger partial charge in [0.05, 0.1) is 16.8 Å². The van der Waals surface area contributed by atoms with Crippen LogP contribution in [0.3, 0.4) is 0 Å². The van der Waals surface area contributed by atoms with Gasteiger partial charge in [0, 0.05) is 35.4 Å². The molecular weight excluding hydrogens is 405 g/mol. The summed E-state index contributed by atoms with van der Waals surface area (Å²) in [5.41, 5.74) is 1.04. The van der Waals surface area contributed by atoms with Crippen LogP contribution in [0.1, 0.15) is 15.9 Å². The predicted octanol–water partition coefficient (Wildman–Crippen LogP) is 5.48. The molecule has 0 aliphatic carbocycles. The second-order valence-electron chi connectivity index (χ2n) is 6.59. The molecule has 2 aromatic heterocycles. The van der Waals surface area contributed by atoms with Crippen LogP contribution in [0.15, 0.2) is 85.3 Å². The lowest BCUT2D eigenvalue weighted by molar-refractivity contribution is -0.137. The number of rotatable bonds is 4. The third-order valence-corrected chi connectivity index (χ3v) is 4.47. The van der Waals surface area contributed by atoms with Gasteiger partial charge in [0.15, 0.2) is 5.82 Å². The molecule has 4 rings (SSSR count). The van der Waals surface area contributed by atoms with E-state index in [2.05, 4.69) is 20.3 Å². The van der Waals surface area contributed by atoms with Gasteiger partial charge in [0.1, 0.15) is 0 Å². The molecule has 0 aliphatic rings. The number of hydrogen-bond donors (Lipinski definition) is 1. The topological polar surface area (TPSA) is 67.8 Å². The first-order valence-electron chi connectivity index (χ1n) is 9.23. The maximum Gasteiger partial charge on any atom is 0.416 e. The van der Waals surface area contributed by atoms with Crippen LogP contribution in [-0.4, -0.2) is 20.9 Å². The Kier molecular flexibility index (Phi) is 5.44. The van der Waals surface area contributed by atoms with Gasteiger partial charge in [0.2, 0.25) is 0 Å². The zero-order valence-electron chi connectivity index (χ0n) is 16.0. The number of hydrogen-bond acceptors (Lipinski definition) is 4. The van der Waals surface area contributed by atoms with Crippen molar-refractivity contribution in [3.63, 3.8) is 0 Å². The minimum absolute atomic E-state index is 0.0210. The Morgan fingerprint density at radius 2 is 1.61 bits per heavy atom. The molecule has 0 radical (unpaired) electrons. The fraction of sp³-hybridized carbons (Fsp3) is 0.0435. The molecule has 0 saturated heterocycles. The molecule has 154 valence electrons. The zero-order chi connectivity index (χ0) is 21.8. The molecule has 2 aromatic carbocycles. The molecule has 5 nitrogen and oxygen atoms in total. The Labute approximate surface area is 175 Å². The van der Waals surface area contributed by atoms with Crippen LogP contribution in [0.4, 0.5) is 18.9 Å². The lowest BCUT2D eigenvalue weighted by atomic mass is 10.1. The third kappa shape index (κ3) is 4.58. The van der Waals surface area contributed by atoms with Crippen LogP contribution in [0, 0.1) is 0 Å². The molecule has 0 spiro atoms. The van der Waals surface area contributed by atoms with Crippen molar-refractivity contribution >= 4 is 11.6 Å². The summed E-state index contributed by atoms with van der Waals surface area (Å²) in [6.45, 7) is 0. The largest absolute Gasteiger partial charge is 0.416 e. The third-order valence-electron chi connectivity index (χ3n) is 4.47. The summed E-state index contributed by atoms with van der Waals surface area (Å²) in [7, 11) is 0. The molecule has 8 heteroatoms. The van der Waals surface area contributed by atoms with E-state index in [9.17, 15) is 18.0 Å². The van der Waals surface area contributed by atoms with Gasteiger partial charge >= 0.3 is 6.18 Å². The number of anilines is 1. The van der Waals surface area contributed by atoms with Crippen molar-refractivity contribution in [3.05, 3.63) is 96.4 Å². The van der Waals surface area contributed by atoms with E-state index >= 15 is 0 Å². The van der Waals surface area contributed by atoms with E-state index in [0.717, 1.165) is 17.7 Å². The first kappa shape index (κ1) is 20.2. The minimum atomic E-state index is -4.51. The molecule has 0 atom stereocenters. The molecule has 0 bridgehead atoms. The molecule has 4 aromatic rings. The number of amides is 1. The van der Waals surface area contributed by atoms with E-state index in [1.807, 2.05) is 30.3 Å². The van der Waals surface area contributed by atoms with Crippen LogP contribution in [0.5, 0.6) is 0 Å². The zero-order valence-corrected chi connectivity index (χ0v) is 16.0. The van der Waals surface area contributed by atoms with E-state index in [0.29, 0.717) is 17.1 Å².